The van der Waals surface area contributed by atoms with Crippen molar-refractivity contribution in [1.29, 1.82) is 0 Å². The molecule has 0 saturated carbocycles. The van der Waals surface area contributed by atoms with E-state index >= 15 is 0 Å². The number of halogens is 1. The van der Waals surface area contributed by atoms with Crippen LogP contribution in [0.3, 0.4) is 0 Å². The van der Waals surface area contributed by atoms with E-state index in [1.54, 1.807) is 18.2 Å². The first kappa shape index (κ1) is 16.8. The highest BCUT2D eigenvalue weighted by Gasteiger charge is 2.11. The van der Waals surface area contributed by atoms with Gasteiger partial charge in [-0.25, -0.2) is 0 Å². The molecule has 1 aromatic rings. The Morgan fingerprint density at radius 2 is 2.05 bits per heavy atom. The summed E-state index contributed by atoms with van der Waals surface area (Å²) in [7, 11) is 0. The fraction of sp³-hybridized carbons (Fsp3) is 0.533. The lowest BCUT2D eigenvalue weighted by atomic mass is 10.1. The predicted molar refractivity (Wildman–Crippen MR) is 83.6 cm³/mol. The van der Waals surface area contributed by atoms with Crippen LogP contribution in [0.15, 0.2) is 18.2 Å². The lowest BCUT2D eigenvalue weighted by Gasteiger charge is -2.20. The van der Waals surface area contributed by atoms with Crippen LogP contribution in [0.25, 0.3) is 0 Å². The molecule has 4 nitrogen and oxygen atoms in total. The lowest BCUT2D eigenvalue weighted by molar-refractivity contribution is -0.116. The summed E-state index contributed by atoms with van der Waals surface area (Å²) in [6, 6.07) is 5.19. The predicted octanol–water partition coefficient (Wildman–Crippen LogP) is 3.46. The molecule has 112 valence electrons. The third kappa shape index (κ3) is 6.26. The van der Waals surface area contributed by atoms with Gasteiger partial charge in [0.1, 0.15) is 5.75 Å². The number of hydrogen-bond donors (Lipinski definition) is 2. The van der Waals surface area contributed by atoms with Crippen molar-refractivity contribution in [2.75, 3.05) is 18.5 Å². The van der Waals surface area contributed by atoms with Gasteiger partial charge in [0.25, 0.3) is 0 Å². The Kier molecular flexibility index (Phi) is 6.30. The topological polar surface area (TPSA) is 50.4 Å². The largest absolute Gasteiger partial charge is 0.492 e. The molecule has 0 atom stereocenters. The fourth-order valence-electron chi connectivity index (χ4n) is 1.64. The maximum absolute atomic E-state index is 11.9. The summed E-state index contributed by atoms with van der Waals surface area (Å²) in [6.45, 7) is 9.25. The molecule has 20 heavy (non-hydrogen) atoms. The number of carbonyl (C=O) groups is 1. The van der Waals surface area contributed by atoms with E-state index < -0.39 is 0 Å². The summed E-state index contributed by atoms with van der Waals surface area (Å²) in [4.78, 5) is 11.9. The Morgan fingerprint density at radius 1 is 1.35 bits per heavy atom. The molecule has 5 heteroatoms. The number of amides is 1. The van der Waals surface area contributed by atoms with Gasteiger partial charge in [-0.15, -0.1) is 0 Å². The molecule has 2 N–H and O–H groups in total. The van der Waals surface area contributed by atoms with Crippen molar-refractivity contribution in [2.45, 2.75) is 39.7 Å². The maximum atomic E-state index is 11.9. The molecule has 0 aromatic heterocycles. The molecule has 0 radical (unpaired) electrons. The quantitative estimate of drug-likeness (QED) is 0.845. The van der Waals surface area contributed by atoms with Crippen LogP contribution >= 0.6 is 11.6 Å². The van der Waals surface area contributed by atoms with Crippen molar-refractivity contribution in [2.24, 2.45) is 0 Å². The number of carbonyl (C=O) groups excluding carboxylic acids is 1. The van der Waals surface area contributed by atoms with E-state index in [0.29, 0.717) is 36.0 Å². The summed E-state index contributed by atoms with van der Waals surface area (Å²) in [5.74, 6) is 0.569. The highest BCUT2D eigenvalue weighted by molar-refractivity contribution is 6.31. The summed E-state index contributed by atoms with van der Waals surface area (Å²) in [5.41, 5.74) is 0.618. The molecule has 1 aromatic carbocycles. The average molecular weight is 299 g/mol. The van der Waals surface area contributed by atoms with Crippen molar-refractivity contribution < 1.29 is 9.53 Å². The highest BCUT2D eigenvalue weighted by Crippen LogP contribution is 2.28. The van der Waals surface area contributed by atoms with E-state index in [4.69, 9.17) is 16.3 Å². The van der Waals surface area contributed by atoms with Crippen LogP contribution in [0.1, 0.15) is 34.1 Å². The first-order valence-electron chi connectivity index (χ1n) is 6.79. The monoisotopic (exact) mass is 298 g/mol. The molecular formula is C15H23ClN2O2. The Bertz CT molecular complexity index is 456. The zero-order valence-corrected chi connectivity index (χ0v) is 13.3. The van der Waals surface area contributed by atoms with E-state index in [2.05, 4.69) is 31.4 Å². The van der Waals surface area contributed by atoms with Gasteiger partial charge in [-0.1, -0.05) is 11.6 Å². The highest BCUT2D eigenvalue weighted by atomic mass is 35.5. The Morgan fingerprint density at radius 3 is 2.65 bits per heavy atom. The SMILES string of the molecule is CCOc1ccc(Cl)cc1NC(=O)CCNC(C)(C)C. The van der Waals surface area contributed by atoms with Crippen molar-refractivity contribution in [3.8, 4) is 5.75 Å². The van der Waals surface area contributed by atoms with E-state index in [0.717, 1.165) is 0 Å². The number of rotatable bonds is 6. The first-order valence-corrected chi connectivity index (χ1v) is 7.17. The van der Waals surface area contributed by atoms with Gasteiger partial charge in [-0.3, -0.25) is 4.79 Å². The van der Waals surface area contributed by atoms with Crippen LogP contribution in [0.5, 0.6) is 5.75 Å². The van der Waals surface area contributed by atoms with E-state index in [1.165, 1.54) is 0 Å². The van der Waals surface area contributed by atoms with Gasteiger partial charge in [-0.2, -0.15) is 0 Å². The normalized spacial score (nSPS) is 11.2. The van der Waals surface area contributed by atoms with E-state index in [-0.39, 0.29) is 11.4 Å². The molecule has 0 heterocycles. The van der Waals surface area contributed by atoms with Crippen molar-refractivity contribution in [3.63, 3.8) is 0 Å². The van der Waals surface area contributed by atoms with Gasteiger partial charge in [0.2, 0.25) is 5.91 Å². The minimum atomic E-state index is -0.0648. The third-order valence-corrected chi connectivity index (χ3v) is 2.76. The lowest BCUT2D eigenvalue weighted by Crippen LogP contribution is -2.37. The smallest absolute Gasteiger partial charge is 0.225 e. The Labute approximate surface area is 125 Å². The number of nitrogens with one attached hydrogen (secondary N) is 2. The molecule has 1 amide bonds. The van der Waals surface area contributed by atoms with Crippen molar-refractivity contribution >= 4 is 23.2 Å². The van der Waals surface area contributed by atoms with Gasteiger partial charge < -0.3 is 15.4 Å². The van der Waals surface area contributed by atoms with Crippen LogP contribution < -0.4 is 15.4 Å². The molecule has 0 aliphatic heterocycles. The van der Waals surface area contributed by atoms with Crippen LogP contribution in [-0.2, 0) is 4.79 Å². The molecule has 0 spiro atoms. The summed E-state index contributed by atoms with van der Waals surface area (Å²) in [5, 5.41) is 6.67. The summed E-state index contributed by atoms with van der Waals surface area (Å²) < 4.78 is 5.46. The minimum absolute atomic E-state index is 0.00676. The zero-order chi connectivity index (χ0) is 15.2. The van der Waals surface area contributed by atoms with Gasteiger partial charge in [0.15, 0.2) is 0 Å². The molecule has 0 saturated heterocycles. The number of hydrogen-bond acceptors (Lipinski definition) is 3. The maximum Gasteiger partial charge on any atom is 0.225 e. The molecule has 1 rings (SSSR count). The van der Waals surface area contributed by atoms with Gasteiger partial charge in [0.05, 0.1) is 12.3 Å². The molecule has 0 aliphatic carbocycles. The van der Waals surface area contributed by atoms with E-state index in [1.807, 2.05) is 6.92 Å². The standard InChI is InChI=1S/C15H23ClN2O2/c1-5-20-13-7-6-11(16)10-12(13)18-14(19)8-9-17-15(2,3)4/h6-7,10,17H,5,8-9H2,1-4H3,(H,18,19). The molecule has 0 bridgehead atoms. The first-order chi connectivity index (χ1) is 9.31. The molecule has 0 aliphatic rings. The van der Waals surface area contributed by atoms with Gasteiger partial charge in [0, 0.05) is 23.5 Å². The van der Waals surface area contributed by atoms with Crippen molar-refractivity contribution in [3.05, 3.63) is 23.2 Å². The summed E-state index contributed by atoms with van der Waals surface area (Å²) >= 11 is 5.95. The average Bonchev–Trinajstić information content (AvgIpc) is 2.31. The van der Waals surface area contributed by atoms with Crippen LogP contribution in [0, 0.1) is 0 Å². The van der Waals surface area contributed by atoms with E-state index in [9.17, 15) is 4.79 Å². The Hall–Kier alpha value is -1.26. The van der Waals surface area contributed by atoms with Crippen LogP contribution in [0.2, 0.25) is 5.02 Å². The van der Waals surface area contributed by atoms with Gasteiger partial charge >= 0.3 is 0 Å². The van der Waals surface area contributed by atoms with Crippen LogP contribution in [0.4, 0.5) is 5.69 Å². The summed E-state index contributed by atoms with van der Waals surface area (Å²) in [6.07, 6.45) is 0.398. The zero-order valence-electron chi connectivity index (χ0n) is 12.5. The Balaban J connectivity index is 2.58. The third-order valence-electron chi connectivity index (χ3n) is 2.52. The second-order valence-corrected chi connectivity index (χ2v) is 5.98. The molecule has 0 fully saturated rings. The number of benzene rings is 1. The second kappa shape index (κ2) is 7.50. The number of anilines is 1. The van der Waals surface area contributed by atoms with Gasteiger partial charge in [-0.05, 0) is 45.9 Å². The minimum Gasteiger partial charge on any atom is -0.492 e. The fourth-order valence-corrected chi connectivity index (χ4v) is 1.82. The number of ether oxygens (including phenoxy) is 1. The second-order valence-electron chi connectivity index (χ2n) is 5.55. The molecular weight excluding hydrogens is 276 g/mol. The molecule has 0 unspecified atom stereocenters. The van der Waals surface area contributed by atoms with Crippen LogP contribution in [-0.4, -0.2) is 24.6 Å². The van der Waals surface area contributed by atoms with Crippen molar-refractivity contribution in [1.82, 2.24) is 5.32 Å².